The van der Waals surface area contributed by atoms with Gasteiger partial charge >= 0.3 is 0 Å². The van der Waals surface area contributed by atoms with E-state index in [0.717, 1.165) is 5.69 Å². The summed E-state index contributed by atoms with van der Waals surface area (Å²) in [5.41, 5.74) is 2.27. The zero-order chi connectivity index (χ0) is 14.5. The minimum absolute atomic E-state index is 0.266. The molecule has 1 amide bonds. The van der Waals surface area contributed by atoms with Crippen LogP contribution in [0.25, 0.3) is 0 Å². The summed E-state index contributed by atoms with van der Waals surface area (Å²) < 4.78 is 0. The zero-order valence-electron chi connectivity index (χ0n) is 11.8. The van der Waals surface area contributed by atoms with Crippen molar-refractivity contribution >= 4 is 17.4 Å². The van der Waals surface area contributed by atoms with Crippen LogP contribution in [0.5, 0.6) is 0 Å². The fourth-order valence-corrected chi connectivity index (χ4v) is 1.73. The SMILES string of the molecule is CNc1ccc(C(=O)Nc2ccc(C(C)C)cc2)nn1. The monoisotopic (exact) mass is 270 g/mol. The fourth-order valence-electron chi connectivity index (χ4n) is 1.73. The summed E-state index contributed by atoms with van der Waals surface area (Å²) in [6.07, 6.45) is 0. The number of benzene rings is 1. The van der Waals surface area contributed by atoms with Crippen LogP contribution in [0.1, 0.15) is 35.8 Å². The third kappa shape index (κ3) is 3.32. The molecule has 20 heavy (non-hydrogen) atoms. The lowest BCUT2D eigenvalue weighted by Gasteiger charge is -2.08. The first-order valence-corrected chi connectivity index (χ1v) is 6.53. The van der Waals surface area contributed by atoms with Gasteiger partial charge in [-0.25, -0.2) is 0 Å². The molecule has 5 heteroatoms. The second kappa shape index (κ2) is 6.14. The Morgan fingerprint density at radius 2 is 1.75 bits per heavy atom. The van der Waals surface area contributed by atoms with E-state index in [9.17, 15) is 4.79 Å². The highest BCUT2D eigenvalue weighted by molar-refractivity contribution is 6.02. The lowest BCUT2D eigenvalue weighted by molar-refractivity contribution is 0.102. The molecule has 0 fully saturated rings. The first-order chi connectivity index (χ1) is 9.60. The molecular formula is C15H18N4O. The Balaban J connectivity index is 2.06. The van der Waals surface area contributed by atoms with Crippen LogP contribution >= 0.6 is 0 Å². The molecule has 1 aromatic heterocycles. The Labute approximate surface area is 118 Å². The number of nitrogens with zero attached hydrogens (tertiary/aromatic N) is 2. The maximum absolute atomic E-state index is 12.0. The average molecular weight is 270 g/mol. The Bertz CT molecular complexity index is 576. The largest absolute Gasteiger partial charge is 0.372 e. The van der Waals surface area contributed by atoms with Gasteiger partial charge in [0, 0.05) is 12.7 Å². The molecule has 0 bridgehead atoms. The molecule has 2 aromatic rings. The number of amides is 1. The van der Waals surface area contributed by atoms with Crippen molar-refractivity contribution in [3.8, 4) is 0 Å². The molecule has 0 radical (unpaired) electrons. The van der Waals surface area contributed by atoms with E-state index in [1.54, 1.807) is 19.2 Å². The average Bonchev–Trinajstić information content (AvgIpc) is 2.48. The van der Waals surface area contributed by atoms with E-state index in [-0.39, 0.29) is 11.6 Å². The van der Waals surface area contributed by atoms with Gasteiger partial charge in [-0.2, -0.15) is 0 Å². The molecule has 1 heterocycles. The van der Waals surface area contributed by atoms with Crippen molar-refractivity contribution in [2.75, 3.05) is 17.7 Å². The van der Waals surface area contributed by atoms with Crippen LogP contribution in [0, 0.1) is 0 Å². The van der Waals surface area contributed by atoms with E-state index in [1.165, 1.54) is 5.56 Å². The molecule has 0 aliphatic heterocycles. The van der Waals surface area contributed by atoms with E-state index < -0.39 is 0 Å². The fraction of sp³-hybridized carbons (Fsp3) is 0.267. The lowest BCUT2D eigenvalue weighted by atomic mass is 10.0. The highest BCUT2D eigenvalue weighted by Gasteiger charge is 2.08. The number of hydrogen-bond donors (Lipinski definition) is 2. The molecule has 5 nitrogen and oxygen atoms in total. The molecule has 0 saturated carbocycles. The van der Waals surface area contributed by atoms with Crippen LogP contribution < -0.4 is 10.6 Å². The minimum Gasteiger partial charge on any atom is -0.372 e. The third-order valence-corrected chi connectivity index (χ3v) is 2.99. The highest BCUT2D eigenvalue weighted by atomic mass is 16.1. The number of carbonyl (C=O) groups excluding carboxylic acids is 1. The van der Waals surface area contributed by atoms with Gasteiger partial charge in [0.1, 0.15) is 5.82 Å². The quantitative estimate of drug-likeness (QED) is 0.896. The van der Waals surface area contributed by atoms with Crippen LogP contribution in [0.4, 0.5) is 11.5 Å². The number of anilines is 2. The van der Waals surface area contributed by atoms with Crippen molar-refractivity contribution < 1.29 is 4.79 Å². The molecule has 2 rings (SSSR count). The molecule has 0 aliphatic rings. The number of aromatic nitrogens is 2. The van der Waals surface area contributed by atoms with Crippen molar-refractivity contribution in [1.29, 1.82) is 0 Å². The van der Waals surface area contributed by atoms with Crippen LogP contribution in [0.15, 0.2) is 36.4 Å². The van der Waals surface area contributed by atoms with Crippen LogP contribution in [-0.4, -0.2) is 23.2 Å². The predicted molar refractivity (Wildman–Crippen MR) is 80.1 cm³/mol. The summed E-state index contributed by atoms with van der Waals surface area (Å²) in [7, 11) is 1.75. The zero-order valence-corrected chi connectivity index (χ0v) is 11.8. The first kappa shape index (κ1) is 14.0. The molecule has 0 spiro atoms. The van der Waals surface area contributed by atoms with Crippen molar-refractivity contribution in [1.82, 2.24) is 10.2 Å². The molecule has 2 N–H and O–H groups in total. The van der Waals surface area contributed by atoms with Gasteiger partial charge in [0.15, 0.2) is 5.69 Å². The maximum atomic E-state index is 12.0. The summed E-state index contributed by atoms with van der Waals surface area (Å²) in [5.74, 6) is 0.833. The van der Waals surface area contributed by atoms with Gasteiger partial charge in [-0.1, -0.05) is 26.0 Å². The normalized spacial score (nSPS) is 10.4. The van der Waals surface area contributed by atoms with Crippen molar-refractivity contribution in [2.24, 2.45) is 0 Å². The summed E-state index contributed by atoms with van der Waals surface area (Å²) in [6.45, 7) is 4.26. The third-order valence-electron chi connectivity index (χ3n) is 2.99. The van der Waals surface area contributed by atoms with Gasteiger partial charge in [-0.3, -0.25) is 4.79 Å². The Morgan fingerprint density at radius 1 is 1.05 bits per heavy atom. The van der Waals surface area contributed by atoms with E-state index in [2.05, 4.69) is 34.7 Å². The summed E-state index contributed by atoms with van der Waals surface area (Å²) in [5, 5.41) is 13.4. The second-order valence-corrected chi connectivity index (χ2v) is 4.78. The van der Waals surface area contributed by atoms with Crippen molar-refractivity contribution in [2.45, 2.75) is 19.8 Å². The molecule has 1 aromatic carbocycles. The van der Waals surface area contributed by atoms with Crippen molar-refractivity contribution in [3.05, 3.63) is 47.7 Å². The van der Waals surface area contributed by atoms with E-state index in [1.807, 2.05) is 24.3 Å². The molecule has 0 atom stereocenters. The summed E-state index contributed by atoms with van der Waals surface area (Å²) >= 11 is 0. The van der Waals surface area contributed by atoms with Gasteiger partial charge in [0.05, 0.1) is 0 Å². The van der Waals surface area contributed by atoms with Gasteiger partial charge < -0.3 is 10.6 Å². The topological polar surface area (TPSA) is 66.9 Å². The molecule has 0 unspecified atom stereocenters. The molecule has 0 aliphatic carbocycles. The lowest BCUT2D eigenvalue weighted by Crippen LogP contribution is -2.14. The van der Waals surface area contributed by atoms with Gasteiger partial charge in [0.2, 0.25) is 0 Å². The standard InChI is InChI=1S/C15H18N4O/c1-10(2)11-4-6-12(7-5-11)17-15(20)13-8-9-14(16-3)19-18-13/h4-10H,1-3H3,(H,16,19)(H,17,20). The Morgan fingerprint density at radius 3 is 2.25 bits per heavy atom. The number of carbonyl (C=O) groups is 1. The van der Waals surface area contributed by atoms with Crippen LogP contribution in [0.3, 0.4) is 0 Å². The summed E-state index contributed by atoms with van der Waals surface area (Å²) in [4.78, 5) is 12.0. The van der Waals surface area contributed by atoms with E-state index >= 15 is 0 Å². The Hall–Kier alpha value is -2.43. The van der Waals surface area contributed by atoms with Gasteiger partial charge in [-0.05, 0) is 35.7 Å². The van der Waals surface area contributed by atoms with Crippen LogP contribution in [0.2, 0.25) is 0 Å². The molecule has 104 valence electrons. The smallest absolute Gasteiger partial charge is 0.276 e. The first-order valence-electron chi connectivity index (χ1n) is 6.53. The van der Waals surface area contributed by atoms with E-state index in [4.69, 9.17) is 0 Å². The van der Waals surface area contributed by atoms with Crippen molar-refractivity contribution in [3.63, 3.8) is 0 Å². The number of hydrogen-bond acceptors (Lipinski definition) is 4. The van der Waals surface area contributed by atoms with Gasteiger partial charge in [-0.15, -0.1) is 10.2 Å². The summed E-state index contributed by atoms with van der Waals surface area (Å²) in [6, 6.07) is 11.2. The minimum atomic E-state index is -0.266. The number of rotatable bonds is 4. The molecular weight excluding hydrogens is 252 g/mol. The molecule has 0 saturated heterocycles. The van der Waals surface area contributed by atoms with E-state index in [0.29, 0.717) is 11.7 Å². The Kier molecular flexibility index (Phi) is 4.30. The second-order valence-electron chi connectivity index (χ2n) is 4.78. The van der Waals surface area contributed by atoms with Crippen LogP contribution in [-0.2, 0) is 0 Å². The maximum Gasteiger partial charge on any atom is 0.276 e. The van der Waals surface area contributed by atoms with Gasteiger partial charge in [0.25, 0.3) is 5.91 Å². The highest BCUT2D eigenvalue weighted by Crippen LogP contribution is 2.17. The number of nitrogens with one attached hydrogen (secondary N) is 2. The predicted octanol–water partition coefficient (Wildman–Crippen LogP) is 2.89.